The quantitative estimate of drug-likeness (QED) is 0.784. The second-order valence-electron chi connectivity index (χ2n) is 6.45. The van der Waals surface area contributed by atoms with Gasteiger partial charge in [-0.3, -0.25) is 0 Å². The third kappa shape index (κ3) is 2.52. The Hall–Kier alpha value is -1.58. The maximum Gasteiger partial charge on any atom is 0.496 e. The minimum Gasteiger partial charge on any atom is -0.399 e. The summed E-state index contributed by atoms with van der Waals surface area (Å²) in [4.78, 5) is 0. The summed E-state index contributed by atoms with van der Waals surface area (Å²) >= 11 is 0. The van der Waals surface area contributed by atoms with Gasteiger partial charge in [-0.2, -0.15) is 0 Å². The van der Waals surface area contributed by atoms with E-state index >= 15 is 0 Å². The van der Waals surface area contributed by atoms with Crippen molar-refractivity contribution in [3.05, 3.63) is 54.6 Å². The average molecular weight is 279 g/mol. The molecule has 0 aromatic heterocycles. The molecule has 3 heteroatoms. The van der Waals surface area contributed by atoms with Crippen molar-refractivity contribution in [1.82, 2.24) is 0 Å². The van der Waals surface area contributed by atoms with E-state index in [-0.39, 0.29) is 18.3 Å². The van der Waals surface area contributed by atoms with Gasteiger partial charge < -0.3 is 9.31 Å². The first-order valence-electron chi connectivity index (χ1n) is 7.32. The summed E-state index contributed by atoms with van der Waals surface area (Å²) < 4.78 is 12.3. The van der Waals surface area contributed by atoms with Crippen LogP contribution in [-0.2, 0) is 9.31 Å². The largest absolute Gasteiger partial charge is 0.496 e. The Morgan fingerprint density at radius 1 is 0.857 bits per heavy atom. The van der Waals surface area contributed by atoms with E-state index in [1.165, 1.54) is 0 Å². The third-order valence-electron chi connectivity index (χ3n) is 4.46. The van der Waals surface area contributed by atoms with Crippen molar-refractivity contribution in [2.75, 3.05) is 0 Å². The SMILES string of the molecule is CC1(C)OB(c2[c]cccc2-c2ccccc2)OC1(C)C. The minimum absolute atomic E-state index is 0.338. The highest BCUT2D eigenvalue weighted by molar-refractivity contribution is 6.63. The van der Waals surface area contributed by atoms with Crippen molar-refractivity contribution in [2.24, 2.45) is 0 Å². The lowest BCUT2D eigenvalue weighted by molar-refractivity contribution is 0.00578. The molecule has 2 aromatic rings. The van der Waals surface area contributed by atoms with E-state index in [0.29, 0.717) is 0 Å². The van der Waals surface area contributed by atoms with Gasteiger partial charge >= 0.3 is 7.12 Å². The maximum atomic E-state index is 6.16. The molecule has 0 bridgehead atoms. The molecule has 21 heavy (non-hydrogen) atoms. The summed E-state index contributed by atoms with van der Waals surface area (Å²) in [6, 6.07) is 19.6. The first-order chi connectivity index (χ1) is 9.91. The topological polar surface area (TPSA) is 18.5 Å². The van der Waals surface area contributed by atoms with Crippen molar-refractivity contribution in [3.8, 4) is 11.1 Å². The van der Waals surface area contributed by atoms with Crippen LogP contribution in [0, 0.1) is 6.07 Å². The summed E-state index contributed by atoms with van der Waals surface area (Å²) in [5.41, 5.74) is 2.54. The lowest BCUT2D eigenvalue weighted by Crippen LogP contribution is -2.41. The van der Waals surface area contributed by atoms with Crippen LogP contribution >= 0.6 is 0 Å². The van der Waals surface area contributed by atoms with Crippen LogP contribution in [0.25, 0.3) is 11.1 Å². The molecule has 1 aliphatic rings. The van der Waals surface area contributed by atoms with Crippen molar-refractivity contribution in [3.63, 3.8) is 0 Å². The lowest BCUT2D eigenvalue weighted by Gasteiger charge is -2.32. The Balaban J connectivity index is 2.02. The van der Waals surface area contributed by atoms with Crippen molar-refractivity contribution < 1.29 is 9.31 Å². The van der Waals surface area contributed by atoms with Gasteiger partial charge in [-0.1, -0.05) is 48.5 Å². The van der Waals surface area contributed by atoms with E-state index in [0.717, 1.165) is 16.6 Å². The summed E-state index contributed by atoms with van der Waals surface area (Å²) in [6.45, 7) is 8.27. The number of hydrogen-bond acceptors (Lipinski definition) is 2. The van der Waals surface area contributed by atoms with E-state index in [9.17, 15) is 0 Å². The molecule has 2 nitrogen and oxygen atoms in total. The summed E-state index contributed by atoms with van der Waals surface area (Å²) in [7, 11) is -0.383. The first kappa shape index (κ1) is 14.4. The number of benzene rings is 2. The Labute approximate surface area is 127 Å². The van der Waals surface area contributed by atoms with E-state index in [1.807, 2.05) is 30.3 Å². The van der Waals surface area contributed by atoms with Crippen LogP contribution in [0.3, 0.4) is 0 Å². The fourth-order valence-electron chi connectivity index (χ4n) is 2.48. The van der Waals surface area contributed by atoms with Gasteiger partial charge in [-0.15, -0.1) is 0 Å². The highest BCUT2D eigenvalue weighted by atomic mass is 16.7. The van der Waals surface area contributed by atoms with Gasteiger partial charge in [-0.25, -0.2) is 0 Å². The Morgan fingerprint density at radius 3 is 2.10 bits per heavy atom. The smallest absolute Gasteiger partial charge is 0.399 e. The zero-order chi connectivity index (χ0) is 15.1. The molecule has 1 aliphatic heterocycles. The van der Waals surface area contributed by atoms with Crippen molar-refractivity contribution in [2.45, 2.75) is 38.9 Å². The van der Waals surface area contributed by atoms with Gasteiger partial charge in [0.1, 0.15) is 0 Å². The normalized spacial score (nSPS) is 19.7. The van der Waals surface area contributed by atoms with E-state index < -0.39 is 0 Å². The highest BCUT2D eigenvalue weighted by Gasteiger charge is 2.52. The fraction of sp³-hybridized carbons (Fsp3) is 0.333. The van der Waals surface area contributed by atoms with Crippen LogP contribution in [0.4, 0.5) is 0 Å². The Bertz CT molecular complexity index is 619. The molecule has 0 aliphatic carbocycles. The molecule has 0 N–H and O–H groups in total. The lowest BCUT2D eigenvalue weighted by atomic mass is 9.74. The molecule has 3 rings (SSSR count). The van der Waals surface area contributed by atoms with Crippen LogP contribution in [-0.4, -0.2) is 18.3 Å². The first-order valence-corrected chi connectivity index (χ1v) is 7.32. The molecule has 1 fully saturated rings. The molecule has 107 valence electrons. The second kappa shape index (κ2) is 5.01. The Kier molecular flexibility index (Phi) is 3.43. The minimum atomic E-state index is -0.383. The second-order valence-corrected chi connectivity index (χ2v) is 6.45. The fourth-order valence-corrected chi connectivity index (χ4v) is 2.48. The number of hydrogen-bond donors (Lipinski definition) is 0. The molecule has 2 aromatic carbocycles. The zero-order valence-corrected chi connectivity index (χ0v) is 13.0. The molecule has 1 saturated heterocycles. The maximum absolute atomic E-state index is 6.16. The van der Waals surface area contributed by atoms with Gasteiger partial charge in [0.25, 0.3) is 0 Å². The predicted molar refractivity (Wildman–Crippen MR) is 86.4 cm³/mol. The summed E-state index contributed by atoms with van der Waals surface area (Å²) in [5, 5.41) is 0. The molecule has 0 spiro atoms. The van der Waals surface area contributed by atoms with Crippen molar-refractivity contribution in [1.29, 1.82) is 0 Å². The van der Waals surface area contributed by atoms with E-state index in [2.05, 4.69) is 52.0 Å². The van der Waals surface area contributed by atoms with Gasteiger partial charge in [0.15, 0.2) is 0 Å². The van der Waals surface area contributed by atoms with Gasteiger partial charge in [0.2, 0.25) is 0 Å². The average Bonchev–Trinajstić information content (AvgIpc) is 2.68. The molecular weight excluding hydrogens is 259 g/mol. The van der Waals surface area contributed by atoms with Crippen molar-refractivity contribution >= 4 is 12.6 Å². The highest BCUT2D eigenvalue weighted by Crippen LogP contribution is 2.37. The summed E-state index contributed by atoms with van der Waals surface area (Å²) in [6.07, 6.45) is 0. The molecule has 1 radical (unpaired) electrons. The number of rotatable bonds is 2. The molecule has 0 amide bonds. The summed E-state index contributed by atoms with van der Waals surface area (Å²) in [5.74, 6) is 0. The van der Waals surface area contributed by atoms with Crippen LogP contribution in [0.2, 0.25) is 0 Å². The van der Waals surface area contributed by atoms with Crippen LogP contribution in [0.15, 0.2) is 48.5 Å². The zero-order valence-electron chi connectivity index (χ0n) is 13.0. The molecule has 0 atom stereocenters. The molecule has 1 heterocycles. The van der Waals surface area contributed by atoms with Gasteiger partial charge in [0.05, 0.1) is 11.2 Å². The van der Waals surface area contributed by atoms with E-state index in [4.69, 9.17) is 9.31 Å². The Morgan fingerprint density at radius 2 is 1.48 bits per heavy atom. The monoisotopic (exact) mass is 279 g/mol. The third-order valence-corrected chi connectivity index (χ3v) is 4.46. The predicted octanol–water partition coefficient (Wildman–Crippen LogP) is 3.45. The van der Waals surface area contributed by atoms with Crippen LogP contribution < -0.4 is 5.46 Å². The molecule has 0 unspecified atom stereocenters. The van der Waals surface area contributed by atoms with Crippen LogP contribution in [0.1, 0.15) is 27.7 Å². The standard InChI is InChI=1S/C18H20BO2/c1-17(2)18(3,4)21-19(20-17)16-13-9-8-12-15(16)14-10-6-5-7-11-14/h5-12H,1-4H3. The van der Waals surface area contributed by atoms with Gasteiger partial charge in [0, 0.05) is 0 Å². The van der Waals surface area contributed by atoms with Crippen LogP contribution in [0.5, 0.6) is 0 Å². The molecule has 0 saturated carbocycles. The molecular formula is C18H20BO2. The van der Waals surface area contributed by atoms with Gasteiger partial charge in [-0.05, 0) is 50.4 Å². The van der Waals surface area contributed by atoms with E-state index in [1.54, 1.807) is 0 Å².